The topological polar surface area (TPSA) is 73.8 Å². The second-order valence-electron chi connectivity index (χ2n) is 10.6. The Morgan fingerprint density at radius 1 is 1.03 bits per heavy atom. The van der Waals surface area contributed by atoms with Crippen LogP contribution in [0.3, 0.4) is 0 Å². The maximum absolute atomic E-state index is 15.0. The quantitative estimate of drug-likeness (QED) is 0.628. The number of carbonyl (C=O) groups excluding carboxylic acids is 1. The number of hydrogen-bond acceptors (Lipinski definition) is 5. The summed E-state index contributed by atoms with van der Waals surface area (Å²) < 4.78 is 40.9. The zero-order valence-electron chi connectivity index (χ0n) is 20.0. The fourth-order valence-corrected chi connectivity index (χ4v) is 7.30. The molecule has 1 aromatic carbocycles. The Balaban J connectivity index is 1.14. The van der Waals surface area contributed by atoms with E-state index in [1.54, 1.807) is 4.90 Å². The van der Waals surface area contributed by atoms with Crippen molar-refractivity contribution in [3.05, 3.63) is 53.0 Å². The molecule has 0 unspecified atom stereocenters. The summed E-state index contributed by atoms with van der Waals surface area (Å²) in [6, 6.07) is 6.48. The number of amides is 1. The van der Waals surface area contributed by atoms with Crippen LogP contribution in [0.1, 0.15) is 65.9 Å². The minimum absolute atomic E-state index is 0.0134. The van der Waals surface area contributed by atoms with E-state index in [2.05, 4.69) is 11.0 Å². The molecule has 4 aliphatic rings. The summed E-state index contributed by atoms with van der Waals surface area (Å²) in [6.45, 7) is 4.49. The largest absolute Gasteiger partial charge is 0.353 e. The number of benzene rings is 1. The molecule has 1 atom stereocenters. The van der Waals surface area contributed by atoms with Gasteiger partial charge in [0, 0.05) is 38.9 Å². The number of aromatic nitrogens is 1. The summed E-state index contributed by atoms with van der Waals surface area (Å²) in [5.41, 5.74) is 2.97. The van der Waals surface area contributed by atoms with E-state index >= 15 is 0 Å². The van der Waals surface area contributed by atoms with Gasteiger partial charge in [-0.25, -0.2) is 17.8 Å². The minimum Gasteiger partial charge on any atom is -0.353 e. The molecule has 4 fully saturated rings. The molecule has 0 spiro atoms. The molecule has 1 amide bonds. The van der Waals surface area contributed by atoms with Crippen LogP contribution in [0.4, 0.5) is 15.9 Å². The molecule has 2 saturated heterocycles. The van der Waals surface area contributed by atoms with Crippen molar-refractivity contribution in [1.82, 2.24) is 9.88 Å². The lowest BCUT2D eigenvalue weighted by Crippen LogP contribution is -2.49. The third-order valence-corrected chi connectivity index (χ3v) is 9.65. The number of sulfonamides is 1. The Hall–Kier alpha value is -2.68. The van der Waals surface area contributed by atoms with Crippen molar-refractivity contribution >= 4 is 27.4 Å². The zero-order valence-corrected chi connectivity index (χ0v) is 20.8. The summed E-state index contributed by atoms with van der Waals surface area (Å²) >= 11 is 0. The molecule has 1 aromatic heterocycles. The summed E-state index contributed by atoms with van der Waals surface area (Å²) in [6.07, 6.45) is 6.98. The van der Waals surface area contributed by atoms with Gasteiger partial charge in [-0.1, -0.05) is 13.0 Å². The van der Waals surface area contributed by atoms with Crippen molar-refractivity contribution in [2.75, 3.05) is 47.7 Å². The van der Waals surface area contributed by atoms with Gasteiger partial charge >= 0.3 is 0 Å². The Labute approximate surface area is 206 Å². The van der Waals surface area contributed by atoms with Gasteiger partial charge < -0.3 is 9.80 Å². The van der Waals surface area contributed by atoms with E-state index in [4.69, 9.17) is 4.98 Å². The van der Waals surface area contributed by atoms with Crippen LogP contribution in [0.2, 0.25) is 0 Å². The van der Waals surface area contributed by atoms with Gasteiger partial charge in [0.25, 0.3) is 5.91 Å². The third kappa shape index (κ3) is 4.39. The van der Waals surface area contributed by atoms with Crippen molar-refractivity contribution in [3.63, 3.8) is 0 Å². The highest BCUT2D eigenvalue weighted by atomic mass is 32.2. The average molecular weight is 499 g/mol. The fraction of sp³-hybridized carbons (Fsp3) is 0.538. The minimum atomic E-state index is -3.44. The SMILES string of the molecule is C[C@H]1CN(c2ccc(C(=O)N3CCN(c4ncc(C5CC5)cc4C4CC4)CC3)c(F)c2)S(=O)(=O)C1. The molecule has 35 heavy (non-hydrogen) atoms. The number of anilines is 2. The number of nitrogens with zero attached hydrogens (tertiary/aromatic N) is 4. The summed E-state index contributed by atoms with van der Waals surface area (Å²) in [5.74, 6) is 1.33. The highest BCUT2D eigenvalue weighted by Gasteiger charge is 2.35. The monoisotopic (exact) mass is 498 g/mol. The predicted molar refractivity (Wildman–Crippen MR) is 133 cm³/mol. The molecule has 2 aliphatic carbocycles. The molecule has 9 heteroatoms. The number of hydrogen-bond donors (Lipinski definition) is 0. The van der Waals surface area contributed by atoms with E-state index in [1.807, 2.05) is 13.1 Å². The molecule has 0 bridgehead atoms. The van der Waals surface area contributed by atoms with Gasteiger partial charge in [-0.15, -0.1) is 0 Å². The molecule has 0 radical (unpaired) electrons. The van der Waals surface area contributed by atoms with E-state index in [1.165, 1.54) is 59.3 Å². The Morgan fingerprint density at radius 3 is 2.34 bits per heavy atom. The normalized spacial score (nSPS) is 24.2. The van der Waals surface area contributed by atoms with Crippen molar-refractivity contribution in [3.8, 4) is 0 Å². The van der Waals surface area contributed by atoms with Gasteiger partial charge in [-0.2, -0.15) is 0 Å². The number of pyridine rings is 1. The van der Waals surface area contributed by atoms with Crippen molar-refractivity contribution in [2.24, 2.45) is 5.92 Å². The van der Waals surface area contributed by atoms with E-state index < -0.39 is 15.8 Å². The smallest absolute Gasteiger partial charge is 0.256 e. The first kappa shape index (κ1) is 22.8. The Kier molecular flexibility index (Phi) is 5.51. The molecule has 2 saturated carbocycles. The van der Waals surface area contributed by atoms with Gasteiger partial charge in [-0.3, -0.25) is 9.10 Å². The van der Waals surface area contributed by atoms with Crippen molar-refractivity contribution in [2.45, 2.75) is 44.4 Å². The van der Waals surface area contributed by atoms with E-state index in [-0.39, 0.29) is 28.8 Å². The first-order valence-corrected chi connectivity index (χ1v) is 14.2. The summed E-state index contributed by atoms with van der Waals surface area (Å²) in [7, 11) is -3.44. The lowest BCUT2D eigenvalue weighted by Gasteiger charge is -2.36. The van der Waals surface area contributed by atoms with Crippen LogP contribution in [0.25, 0.3) is 0 Å². The maximum Gasteiger partial charge on any atom is 0.256 e. The second kappa shape index (κ2) is 8.47. The van der Waals surface area contributed by atoms with Gasteiger partial charge in [-0.05, 0) is 72.8 Å². The van der Waals surface area contributed by atoms with Crippen LogP contribution in [0.5, 0.6) is 0 Å². The first-order valence-electron chi connectivity index (χ1n) is 12.6. The van der Waals surface area contributed by atoms with Crippen LogP contribution in [-0.2, 0) is 10.0 Å². The van der Waals surface area contributed by atoms with Crippen LogP contribution in [0.15, 0.2) is 30.5 Å². The summed E-state index contributed by atoms with van der Waals surface area (Å²) in [5, 5.41) is 0. The molecule has 7 nitrogen and oxygen atoms in total. The van der Waals surface area contributed by atoms with Crippen LogP contribution in [-0.4, -0.2) is 62.7 Å². The molecule has 2 aromatic rings. The lowest BCUT2D eigenvalue weighted by molar-refractivity contribution is 0.0742. The van der Waals surface area contributed by atoms with Gasteiger partial charge in [0.1, 0.15) is 11.6 Å². The molecular weight excluding hydrogens is 467 g/mol. The van der Waals surface area contributed by atoms with E-state index in [0.717, 1.165) is 5.82 Å². The van der Waals surface area contributed by atoms with Gasteiger partial charge in [0.2, 0.25) is 10.0 Å². The summed E-state index contributed by atoms with van der Waals surface area (Å²) in [4.78, 5) is 21.9. The highest BCUT2D eigenvalue weighted by Crippen LogP contribution is 2.47. The standard InChI is InChI=1S/C26H31FN4O3S/c1-17-15-31(35(33,34)16-17)21-6-7-22(24(27)13-21)26(32)30-10-8-29(9-11-30)25-23(19-4-5-19)12-20(14-28-25)18-2-3-18/h6-7,12-14,17-19H,2-5,8-11,15-16H2,1H3/t17-/m0/s1. The van der Waals surface area contributed by atoms with Crippen molar-refractivity contribution in [1.29, 1.82) is 0 Å². The molecule has 6 rings (SSSR count). The number of carbonyl (C=O) groups is 1. The maximum atomic E-state index is 15.0. The first-order chi connectivity index (χ1) is 16.8. The number of piperazine rings is 1. The average Bonchev–Trinajstić information content (AvgIpc) is 3.75. The fourth-order valence-electron chi connectivity index (χ4n) is 5.38. The number of rotatable bonds is 5. The molecular formula is C26H31FN4O3S. The van der Waals surface area contributed by atoms with Crippen molar-refractivity contribution < 1.29 is 17.6 Å². The van der Waals surface area contributed by atoms with Crippen LogP contribution >= 0.6 is 0 Å². The molecule has 186 valence electrons. The molecule has 3 heterocycles. The van der Waals surface area contributed by atoms with E-state index in [0.29, 0.717) is 44.6 Å². The second-order valence-corrected chi connectivity index (χ2v) is 12.5. The molecule has 0 N–H and O–H groups in total. The zero-order chi connectivity index (χ0) is 24.3. The van der Waals surface area contributed by atoms with Crippen LogP contribution in [0, 0.1) is 11.7 Å². The Morgan fingerprint density at radius 2 is 1.74 bits per heavy atom. The highest BCUT2D eigenvalue weighted by molar-refractivity contribution is 7.93. The van der Waals surface area contributed by atoms with E-state index in [9.17, 15) is 17.6 Å². The third-order valence-electron chi connectivity index (χ3n) is 7.63. The number of halogens is 1. The van der Waals surface area contributed by atoms with Gasteiger partial charge in [0.15, 0.2) is 0 Å². The molecule has 2 aliphatic heterocycles. The van der Waals surface area contributed by atoms with Crippen LogP contribution < -0.4 is 9.21 Å². The lowest BCUT2D eigenvalue weighted by atomic mass is 10.1. The Bertz CT molecular complexity index is 1270. The predicted octanol–water partition coefficient (Wildman–Crippen LogP) is 3.72. The van der Waals surface area contributed by atoms with Gasteiger partial charge in [0.05, 0.1) is 17.0 Å².